The summed E-state index contributed by atoms with van der Waals surface area (Å²) >= 11 is 11.9. The van der Waals surface area contributed by atoms with E-state index >= 15 is 0 Å². The topological polar surface area (TPSA) is 89.7 Å². The SMILES string of the molecule is O=C1C(=Cc2cc(O)ccc2[N+](=O)[O-])Oc2c(Cl)ccc(Cl)c21. The van der Waals surface area contributed by atoms with Gasteiger partial charge in [-0.1, -0.05) is 23.2 Å². The summed E-state index contributed by atoms with van der Waals surface area (Å²) in [7, 11) is 0. The van der Waals surface area contributed by atoms with Crippen LogP contribution >= 0.6 is 23.2 Å². The Morgan fingerprint density at radius 2 is 1.87 bits per heavy atom. The van der Waals surface area contributed by atoms with E-state index in [0.717, 1.165) is 12.1 Å². The fourth-order valence-corrected chi connectivity index (χ4v) is 2.61. The second kappa shape index (κ2) is 5.57. The molecule has 0 unspecified atom stereocenters. The first-order valence-electron chi connectivity index (χ1n) is 6.28. The number of rotatable bonds is 2. The van der Waals surface area contributed by atoms with Crippen LogP contribution in [0.15, 0.2) is 36.1 Å². The number of aromatic hydroxyl groups is 1. The molecule has 8 heteroatoms. The number of hydrogen-bond acceptors (Lipinski definition) is 5. The van der Waals surface area contributed by atoms with E-state index in [4.69, 9.17) is 27.9 Å². The summed E-state index contributed by atoms with van der Waals surface area (Å²) in [5, 5.41) is 20.9. The monoisotopic (exact) mass is 351 g/mol. The third kappa shape index (κ3) is 2.62. The lowest BCUT2D eigenvalue weighted by molar-refractivity contribution is -0.385. The Labute approximate surface area is 139 Å². The van der Waals surface area contributed by atoms with E-state index in [1.54, 1.807) is 0 Å². The Bertz CT molecular complexity index is 892. The number of ether oxygens (including phenoxy) is 1. The second-order valence-electron chi connectivity index (χ2n) is 4.67. The molecule has 0 saturated carbocycles. The van der Waals surface area contributed by atoms with Gasteiger partial charge >= 0.3 is 0 Å². The van der Waals surface area contributed by atoms with Crippen LogP contribution in [0.4, 0.5) is 5.69 Å². The van der Waals surface area contributed by atoms with E-state index in [1.807, 2.05) is 0 Å². The van der Waals surface area contributed by atoms with Crippen molar-refractivity contribution in [3.63, 3.8) is 0 Å². The number of fused-ring (bicyclic) bond motifs is 1. The third-order valence-electron chi connectivity index (χ3n) is 3.22. The first-order chi connectivity index (χ1) is 10.9. The number of nitro benzene ring substituents is 1. The van der Waals surface area contributed by atoms with Crippen LogP contribution in [-0.4, -0.2) is 15.8 Å². The molecule has 0 spiro atoms. The molecular formula is C15H7Cl2NO5. The number of allylic oxidation sites excluding steroid dienone is 1. The van der Waals surface area contributed by atoms with E-state index in [0.29, 0.717) is 0 Å². The molecule has 116 valence electrons. The highest BCUT2D eigenvalue weighted by Crippen LogP contribution is 2.42. The van der Waals surface area contributed by atoms with Crippen LogP contribution in [0, 0.1) is 10.1 Å². The highest BCUT2D eigenvalue weighted by atomic mass is 35.5. The van der Waals surface area contributed by atoms with Gasteiger partial charge in [-0.2, -0.15) is 0 Å². The molecule has 3 rings (SSSR count). The van der Waals surface area contributed by atoms with Crippen LogP contribution in [0.3, 0.4) is 0 Å². The molecule has 1 heterocycles. The quantitative estimate of drug-likeness (QED) is 0.496. The van der Waals surface area contributed by atoms with Crippen molar-refractivity contribution in [3.05, 3.63) is 67.4 Å². The minimum absolute atomic E-state index is 0.0263. The first-order valence-corrected chi connectivity index (χ1v) is 7.03. The molecule has 0 fully saturated rings. The fraction of sp³-hybridized carbons (Fsp3) is 0. The molecule has 1 N–H and O–H groups in total. The summed E-state index contributed by atoms with van der Waals surface area (Å²) in [6.45, 7) is 0. The molecule has 1 aliphatic rings. The number of Topliss-reactive ketones (excluding diaryl/α,β-unsaturated/α-hetero) is 1. The molecule has 2 aromatic rings. The minimum atomic E-state index is -0.627. The summed E-state index contributed by atoms with van der Waals surface area (Å²) in [5.41, 5.74) is -0.147. The normalized spacial score (nSPS) is 14.7. The summed E-state index contributed by atoms with van der Waals surface area (Å²) in [5.74, 6) is -0.770. The average molecular weight is 352 g/mol. The van der Waals surface area contributed by atoms with Crippen LogP contribution in [0.25, 0.3) is 6.08 Å². The minimum Gasteiger partial charge on any atom is -0.508 e. The Morgan fingerprint density at radius 3 is 2.52 bits per heavy atom. The number of halogens is 2. The van der Waals surface area contributed by atoms with Crippen LogP contribution in [0.2, 0.25) is 10.0 Å². The van der Waals surface area contributed by atoms with Crippen molar-refractivity contribution < 1.29 is 19.6 Å². The van der Waals surface area contributed by atoms with Gasteiger partial charge in [0.2, 0.25) is 5.78 Å². The molecule has 0 aliphatic carbocycles. The predicted molar refractivity (Wildman–Crippen MR) is 84.2 cm³/mol. The molecular weight excluding hydrogens is 345 g/mol. The zero-order chi connectivity index (χ0) is 16.7. The maximum atomic E-state index is 12.4. The van der Waals surface area contributed by atoms with E-state index < -0.39 is 10.7 Å². The third-order valence-corrected chi connectivity index (χ3v) is 3.83. The smallest absolute Gasteiger partial charge is 0.276 e. The van der Waals surface area contributed by atoms with Crippen molar-refractivity contribution in [1.82, 2.24) is 0 Å². The van der Waals surface area contributed by atoms with Gasteiger partial charge < -0.3 is 9.84 Å². The van der Waals surface area contributed by atoms with Crippen molar-refractivity contribution in [3.8, 4) is 11.5 Å². The van der Waals surface area contributed by atoms with Gasteiger partial charge in [-0.05, 0) is 30.3 Å². The molecule has 0 bridgehead atoms. The lowest BCUT2D eigenvalue weighted by atomic mass is 10.1. The van der Waals surface area contributed by atoms with Crippen LogP contribution in [0.1, 0.15) is 15.9 Å². The van der Waals surface area contributed by atoms with E-state index in [2.05, 4.69) is 0 Å². The van der Waals surface area contributed by atoms with Gasteiger partial charge in [0.1, 0.15) is 5.75 Å². The van der Waals surface area contributed by atoms with E-state index in [9.17, 15) is 20.0 Å². The Balaban J connectivity index is 2.12. The second-order valence-corrected chi connectivity index (χ2v) is 5.49. The van der Waals surface area contributed by atoms with E-state index in [-0.39, 0.29) is 44.1 Å². The molecule has 0 saturated heterocycles. The number of nitrogens with zero attached hydrogens (tertiary/aromatic N) is 1. The highest BCUT2D eigenvalue weighted by Gasteiger charge is 2.32. The van der Waals surface area contributed by atoms with Crippen LogP contribution in [0.5, 0.6) is 11.5 Å². The number of nitro groups is 1. The van der Waals surface area contributed by atoms with Gasteiger partial charge in [-0.3, -0.25) is 14.9 Å². The van der Waals surface area contributed by atoms with Crippen molar-refractivity contribution in [2.24, 2.45) is 0 Å². The van der Waals surface area contributed by atoms with E-state index in [1.165, 1.54) is 24.3 Å². The maximum Gasteiger partial charge on any atom is 0.276 e. The first kappa shape index (κ1) is 15.3. The molecule has 1 aliphatic heterocycles. The number of ketones is 1. The number of carbonyl (C=O) groups is 1. The number of phenols is 1. The average Bonchev–Trinajstić information content (AvgIpc) is 2.81. The molecule has 0 aromatic heterocycles. The Hall–Kier alpha value is -2.57. The van der Waals surface area contributed by atoms with Crippen molar-refractivity contribution in [2.75, 3.05) is 0 Å². The van der Waals surface area contributed by atoms with Crippen LogP contribution in [-0.2, 0) is 0 Å². The van der Waals surface area contributed by atoms with Gasteiger partial charge in [-0.25, -0.2) is 0 Å². The lowest BCUT2D eigenvalue weighted by Gasteiger charge is -2.02. The van der Waals surface area contributed by atoms with Gasteiger partial charge in [-0.15, -0.1) is 0 Å². The number of benzene rings is 2. The molecule has 0 amide bonds. The number of hydrogen-bond donors (Lipinski definition) is 1. The predicted octanol–water partition coefficient (Wildman–Crippen LogP) is 4.22. The molecule has 6 nitrogen and oxygen atoms in total. The van der Waals surface area contributed by atoms with Gasteiger partial charge in [0, 0.05) is 6.07 Å². The van der Waals surface area contributed by atoms with Crippen LogP contribution < -0.4 is 4.74 Å². The van der Waals surface area contributed by atoms with Gasteiger partial charge in [0.05, 0.1) is 26.1 Å². The van der Waals surface area contributed by atoms with Crippen molar-refractivity contribution >= 4 is 40.7 Å². The zero-order valence-corrected chi connectivity index (χ0v) is 12.8. The highest BCUT2D eigenvalue weighted by molar-refractivity contribution is 6.39. The molecule has 0 atom stereocenters. The Morgan fingerprint density at radius 1 is 1.17 bits per heavy atom. The summed E-state index contributed by atoms with van der Waals surface area (Å²) in [6, 6.07) is 6.42. The number of phenolic OH excluding ortho intramolecular Hbond substituents is 1. The number of carbonyl (C=O) groups excluding carboxylic acids is 1. The molecule has 23 heavy (non-hydrogen) atoms. The lowest BCUT2D eigenvalue weighted by Crippen LogP contribution is -2.00. The molecule has 2 aromatic carbocycles. The summed E-state index contributed by atoms with van der Waals surface area (Å²) in [6.07, 6.45) is 1.17. The maximum absolute atomic E-state index is 12.4. The molecule has 0 radical (unpaired) electrons. The summed E-state index contributed by atoms with van der Waals surface area (Å²) < 4.78 is 5.40. The summed E-state index contributed by atoms with van der Waals surface area (Å²) in [4.78, 5) is 22.8. The largest absolute Gasteiger partial charge is 0.508 e. The fourth-order valence-electron chi connectivity index (χ4n) is 2.18. The Kier molecular flexibility index (Phi) is 3.71. The van der Waals surface area contributed by atoms with Crippen molar-refractivity contribution in [2.45, 2.75) is 0 Å². The van der Waals surface area contributed by atoms with Gasteiger partial charge in [0.15, 0.2) is 11.5 Å². The zero-order valence-electron chi connectivity index (χ0n) is 11.2. The van der Waals surface area contributed by atoms with Crippen molar-refractivity contribution in [1.29, 1.82) is 0 Å². The van der Waals surface area contributed by atoms with Gasteiger partial charge in [0.25, 0.3) is 5.69 Å². The standard InChI is InChI=1S/C15H7Cl2NO5/c16-9-2-3-10(17)15-13(9)14(20)12(23-15)6-7-5-8(19)1-4-11(7)18(21)22/h1-6,19H.